The van der Waals surface area contributed by atoms with E-state index in [1.165, 1.54) is 25.0 Å². The summed E-state index contributed by atoms with van der Waals surface area (Å²) < 4.78 is 19.1. The Morgan fingerprint density at radius 1 is 1.19 bits per heavy atom. The third kappa shape index (κ3) is 4.10. The predicted octanol–water partition coefficient (Wildman–Crippen LogP) is 2.90. The van der Waals surface area contributed by atoms with Crippen LogP contribution in [0.5, 0.6) is 5.75 Å². The molecular weight excluding hydrogens is 349 g/mol. The molecule has 4 heterocycles. The van der Waals surface area contributed by atoms with Gasteiger partial charge in [-0.25, -0.2) is 19.2 Å². The van der Waals surface area contributed by atoms with E-state index in [1.807, 2.05) is 12.1 Å². The first-order valence-electron chi connectivity index (χ1n) is 9.23. The number of amides is 2. The van der Waals surface area contributed by atoms with E-state index in [2.05, 4.69) is 20.2 Å². The predicted molar refractivity (Wildman–Crippen MR) is 99.5 cm³/mol. The van der Waals surface area contributed by atoms with Gasteiger partial charge in [0.15, 0.2) is 11.6 Å². The highest BCUT2D eigenvalue weighted by molar-refractivity contribution is 5.88. The molecule has 7 nitrogen and oxygen atoms in total. The highest BCUT2D eigenvalue weighted by Gasteiger charge is 2.29. The van der Waals surface area contributed by atoms with Crippen LogP contribution in [0.3, 0.4) is 0 Å². The van der Waals surface area contributed by atoms with Gasteiger partial charge in [0.1, 0.15) is 17.7 Å². The number of nitrogens with one attached hydrogen (secondary N) is 1. The molecule has 0 spiro atoms. The maximum absolute atomic E-state index is 12.9. The fourth-order valence-electron chi connectivity index (χ4n) is 3.47. The van der Waals surface area contributed by atoms with Crippen molar-refractivity contribution in [1.82, 2.24) is 14.9 Å². The van der Waals surface area contributed by atoms with Crippen molar-refractivity contribution in [2.75, 3.05) is 36.4 Å². The van der Waals surface area contributed by atoms with Crippen molar-refractivity contribution in [1.29, 1.82) is 0 Å². The molecule has 2 aromatic heterocycles. The van der Waals surface area contributed by atoms with Crippen LogP contribution in [0.1, 0.15) is 19.3 Å². The standard InChI is InChI=1S/C19H22FN5O2/c20-14-5-6-17(22-12-14)23-19(26)25-11-7-15(13-25)27-16-4-3-8-21-18(16)24-9-1-2-10-24/h3-6,8,12,15H,1-2,7,9-11,13H2,(H,22,23,26). The number of pyridine rings is 2. The van der Waals surface area contributed by atoms with E-state index in [4.69, 9.17) is 4.74 Å². The first kappa shape index (κ1) is 17.5. The number of nitrogens with zero attached hydrogens (tertiary/aromatic N) is 4. The molecule has 2 aliphatic heterocycles. The number of rotatable bonds is 4. The number of aromatic nitrogens is 2. The minimum Gasteiger partial charge on any atom is -0.485 e. The van der Waals surface area contributed by atoms with Crippen molar-refractivity contribution >= 4 is 17.7 Å². The highest BCUT2D eigenvalue weighted by atomic mass is 19.1. The van der Waals surface area contributed by atoms with E-state index < -0.39 is 5.82 Å². The second-order valence-corrected chi connectivity index (χ2v) is 6.79. The van der Waals surface area contributed by atoms with Crippen LogP contribution >= 0.6 is 0 Å². The number of carbonyl (C=O) groups is 1. The fourth-order valence-corrected chi connectivity index (χ4v) is 3.47. The molecule has 0 saturated carbocycles. The summed E-state index contributed by atoms with van der Waals surface area (Å²) in [6.45, 7) is 3.08. The molecule has 142 valence electrons. The van der Waals surface area contributed by atoms with E-state index in [9.17, 15) is 9.18 Å². The Balaban J connectivity index is 1.36. The number of urea groups is 1. The fraction of sp³-hybridized carbons (Fsp3) is 0.421. The lowest BCUT2D eigenvalue weighted by atomic mass is 10.3. The number of halogens is 1. The Hall–Kier alpha value is -2.90. The Kier molecular flexibility index (Phi) is 5.04. The summed E-state index contributed by atoms with van der Waals surface area (Å²) in [6, 6.07) is 6.25. The van der Waals surface area contributed by atoms with Crippen LogP contribution in [-0.2, 0) is 0 Å². The normalized spacial score (nSPS) is 19.4. The van der Waals surface area contributed by atoms with Gasteiger partial charge in [-0.3, -0.25) is 5.32 Å². The molecule has 2 fully saturated rings. The second-order valence-electron chi connectivity index (χ2n) is 6.79. The van der Waals surface area contributed by atoms with Crippen LogP contribution in [0.2, 0.25) is 0 Å². The van der Waals surface area contributed by atoms with Crippen LogP contribution < -0.4 is 15.0 Å². The molecule has 0 aliphatic carbocycles. The number of likely N-dealkylation sites (tertiary alicyclic amines) is 1. The molecule has 2 amide bonds. The monoisotopic (exact) mass is 371 g/mol. The lowest BCUT2D eigenvalue weighted by Crippen LogP contribution is -2.34. The molecular formula is C19H22FN5O2. The van der Waals surface area contributed by atoms with Gasteiger partial charge in [-0.15, -0.1) is 0 Å². The molecule has 8 heteroatoms. The Morgan fingerprint density at radius 2 is 2.04 bits per heavy atom. The van der Waals surface area contributed by atoms with E-state index in [1.54, 1.807) is 11.1 Å². The number of anilines is 2. The van der Waals surface area contributed by atoms with Crippen molar-refractivity contribution in [3.05, 3.63) is 42.5 Å². The van der Waals surface area contributed by atoms with Crippen LogP contribution in [0.25, 0.3) is 0 Å². The van der Waals surface area contributed by atoms with Gasteiger partial charge < -0.3 is 14.5 Å². The SMILES string of the molecule is O=C(Nc1ccc(F)cn1)N1CCC(Oc2cccnc2N2CCCC2)C1. The van der Waals surface area contributed by atoms with Gasteiger partial charge in [0.25, 0.3) is 0 Å². The first-order valence-corrected chi connectivity index (χ1v) is 9.23. The molecule has 0 radical (unpaired) electrons. The molecule has 1 unspecified atom stereocenters. The Bertz CT molecular complexity index is 795. The number of ether oxygens (including phenoxy) is 1. The summed E-state index contributed by atoms with van der Waals surface area (Å²) in [5.74, 6) is 1.54. The van der Waals surface area contributed by atoms with Crippen LogP contribution in [0.15, 0.2) is 36.7 Å². The molecule has 1 atom stereocenters. The van der Waals surface area contributed by atoms with E-state index in [0.29, 0.717) is 18.9 Å². The van der Waals surface area contributed by atoms with E-state index >= 15 is 0 Å². The van der Waals surface area contributed by atoms with E-state index in [0.717, 1.165) is 37.3 Å². The van der Waals surface area contributed by atoms with Crippen LogP contribution in [-0.4, -0.2) is 53.2 Å². The van der Waals surface area contributed by atoms with Crippen molar-refractivity contribution in [3.8, 4) is 5.75 Å². The Morgan fingerprint density at radius 3 is 2.81 bits per heavy atom. The molecule has 2 aromatic rings. The smallest absolute Gasteiger partial charge is 0.323 e. The van der Waals surface area contributed by atoms with Crippen molar-refractivity contribution in [2.24, 2.45) is 0 Å². The van der Waals surface area contributed by atoms with Crippen molar-refractivity contribution < 1.29 is 13.9 Å². The zero-order valence-electron chi connectivity index (χ0n) is 15.0. The van der Waals surface area contributed by atoms with Crippen molar-refractivity contribution in [3.63, 3.8) is 0 Å². The zero-order chi connectivity index (χ0) is 18.6. The summed E-state index contributed by atoms with van der Waals surface area (Å²) >= 11 is 0. The molecule has 2 saturated heterocycles. The number of hydrogen-bond donors (Lipinski definition) is 1. The van der Waals surface area contributed by atoms with Crippen molar-refractivity contribution in [2.45, 2.75) is 25.4 Å². The van der Waals surface area contributed by atoms with Crippen LogP contribution in [0.4, 0.5) is 20.8 Å². The third-order valence-corrected chi connectivity index (χ3v) is 4.84. The molecule has 4 rings (SSSR count). The molecule has 2 aliphatic rings. The zero-order valence-corrected chi connectivity index (χ0v) is 15.0. The number of carbonyl (C=O) groups excluding carboxylic acids is 1. The Labute approximate surface area is 157 Å². The van der Waals surface area contributed by atoms with Gasteiger partial charge >= 0.3 is 6.03 Å². The minimum atomic E-state index is -0.437. The highest BCUT2D eigenvalue weighted by Crippen LogP contribution is 2.30. The molecule has 1 N–H and O–H groups in total. The maximum Gasteiger partial charge on any atom is 0.323 e. The molecule has 27 heavy (non-hydrogen) atoms. The molecule has 0 bridgehead atoms. The van der Waals surface area contributed by atoms with Crippen LogP contribution in [0, 0.1) is 5.82 Å². The lowest BCUT2D eigenvalue weighted by Gasteiger charge is -2.22. The lowest BCUT2D eigenvalue weighted by molar-refractivity contribution is 0.194. The maximum atomic E-state index is 12.9. The van der Waals surface area contributed by atoms with E-state index in [-0.39, 0.29) is 12.1 Å². The summed E-state index contributed by atoms with van der Waals surface area (Å²) in [7, 11) is 0. The van der Waals surface area contributed by atoms with Gasteiger partial charge in [0.05, 0.1) is 12.7 Å². The quantitative estimate of drug-likeness (QED) is 0.895. The summed E-state index contributed by atoms with van der Waals surface area (Å²) in [4.78, 5) is 24.6. The average Bonchev–Trinajstić information content (AvgIpc) is 3.36. The topological polar surface area (TPSA) is 70.6 Å². The summed E-state index contributed by atoms with van der Waals surface area (Å²) in [5, 5.41) is 2.68. The van der Waals surface area contributed by atoms with Gasteiger partial charge in [-0.2, -0.15) is 0 Å². The first-order chi connectivity index (χ1) is 13.2. The second kappa shape index (κ2) is 7.77. The largest absolute Gasteiger partial charge is 0.485 e. The van der Waals surface area contributed by atoms with Gasteiger partial charge in [-0.1, -0.05) is 0 Å². The molecule has 0 aromatic carbocycles. The number of hydrogen-bond acceptors (Lipinski definition) is 5. The van der Waals surface area contributed by atoms with Gasteiger partial charge in [0, 0.05) is 32.3 Å². The van der Waals surface area contributed by atoms with Gasteiger partial charge in [-0.05, 0) is 37.1 Å². The minimum absolute atomic E-state index is 0.0810. The summed E-state index contributed by atoms with van der Waals surface area (Å²) in [5.41, 5.74) is 0. The third-order valence-electron chi connectivity index (χ3n) is 4.84. The summed E-state index contributed by atoms with van der Waals surface area (Å²) in [6.07, 6.45) is 5.87. The average molecular weight is 371 g/mol. The van der Waals surface area contributed by atoms with Gasteiger partial charge in [0.2, 0.25) is 0 Å².